The zero-order valence-corrected chi connectivity index (χ0v) is 16.6. The predicted molar refractivity (Wildman–Crippen MR) is 107 cm³/mol. The predicted octanol–water partition coefficient (Wildman–Crippen LogP) is 1.54. The van der Waals surface area contributed by atoms with E-state index < -0.39 is 0 Å². The molecule has 2 amide bonds. The molecule has 8 nitrogen and oxygen atoms in total. The molecule has 0 atom stereocenters. The Morgan fingerprint density at radius 2 is 1.83 bits per heavy atom. The van der Waals surface area contributed by atoms with E-state index >= 15 is 0 Å². The Labute approximate surface area is 169 Å². The second-order valence-electron chi connectivity index (χ2n) is 6.22. The number of amides is 2. The monoisotopic (exact) mass is 399 g/mol. The van der Waals surface area contributed by atoms with E-state index in [2.05, 4.69) is 15.6 Å². The summed E-state index contributed by atoms with van der Waals surface area (Å²) in [4.78, 5) is 39.6. The van der Waals surface area contributed by atoms with Crippen LogP contribution in [0.25, 0.3) is 0 Å². The van der Waals surface area contributed by atoms with Crippen LogP contribution in [0.2, 0.25) is 0 Å². The number of Topliss-reactive ketones (excluding diaryl/α,β-unsaturated/α-hetero) is 1. The molecule has 2 rings (SSSR count). The molecular formula is C21H25N3O5. The molecule has 1 aromatic carbocycles. The van der Waals surface area contributed by atoms with E-state index in [4.69, 9.17) is 9.47 Å². The Morgan fingerprint density at radius 3 is 2.52 bits per heavy atom. The second-order valence-corrected chi connectivity index (χ2v) is 6.22. The number of benzene rings is 1. The van der Waals surface area contributed by atoms with Crippen LogP contribution in [0.1, 0.15) is 28.8 Å². The highest BCUT2D eigenvalue weighted by Gasteiger charge is 2.11. The molecule has 2 N–H and O–H groups in total. The summed E-state index contributed by atoms with van der Waals surface area (Å²) in [6.07, 6.45) is 3.67. The molecule has 0 aliphatic carbocycles. The topological polar surface area (TPSA) is 107 Å². The molecule has 0 saturated heterocycles. The zero-order valence-electron chi connectivity index (χ0n) is 16.6. The van der Waals surface area contributed by atoms with E-state index in [0.29, 0.717) is 30.0 Å². The standard InChI is InChI=1S/C21H25N3O5/c1-28-17-5-7-19(29-2)15(12-17)9-11-23-21(27)14-24-20(26)8-6-18(25)16-4-3-10-22-13-16/h3-5,7,10,12-13H,6,8-9,11,14H2,1-2H3,(H,23,27)(H,24,26). The first kappa shape index (κ1) is 21.9. The smallest absolute Gasteiger partial charge is 0.239 e. The number of carbonyl (C=O) groups is 3. The fourth-order valence-corrected chi connectivity index (χ4v) is 2.64. The average Bonchev–Trinajstić information content (AvgIpc) is 2.76. The lowest BCUT2D eigenvalue weighted by Gasteiger charge is -2.11. The van der Waals surface area contributed by atoms with Gasteiger partial charge in [0.2, 0.25) is 11.8 Å². The molecule has 2 aromatic rings. The van der Waals surface area contributed by atoms with Gasteiger partial charge in [-0.2, -0.15) is 0 Å². The van der Waals surface area contributed by atoms with Gasteiger partial charge < -0.3 is 20.1 Å². The van der Waals surface area contributed by atoms with Crippen LogP contribution < -0.4 is 20.1 Å². The number of ether oxygens (including phenoxy) is 2. The molecule has 8 heteroatoms. The Hall–Kier alpha value is -3.42. The van der Waals surface area contributed by atoms with Crippen molar-refractivity contribution in [3.63, 3.8) is 0 Å². The summed E-state index contributed by atoms with van der Waals surface area (Å²) in [6.45, 7) is 0.243. The maximum Gasteiger partial charge on any atom is 0.239 e. The molecule has 1 aromatic heterocycles. The maximum atomic E-state index is 11.9. The van der Waals surface area contributed by atoms with E-state index in [0.717, 1.165) is 5.56 Å². The van der Waals surface area contributed by atoms with Gasteiger partial charge in [-0.25, -0.2) is 0 Å². The lowest BCUT2D eigenvalue weighted by atomic mass is 10.1. The highest BCUT2D eigenvalue weighted by molar-refractivity contribution is 5.97. The van der Waals surface area contributed by atoms with Gasteiger partial charge in [0.05, 0.1) is 20.8 Å². The molecule has 29 heavy (non-hydrogen) atoms. The molecule has 0 aliphatic heterocycles. The number of hydrogen-bond donors (Lipinski definition) is 2. The molecule has 0 radical (unpaired) electrons. The summed E-state index contributed by atoms with van der Waals surface area (Å²) < 4.78 is 10.5. The number of nitrogens with zero attached hydrogens (tertiary/aromatic N) is 1. The number of methoxy groups -OCH3 is 2. The molecule has 154 valence electrons. The van der Waals surface area contributed by atoms with Gasteiger partial charge in [-0.1, -0.05) is 0 Å². The van der Waals surface area contributed by atoms with Crippen molar-refractivity contribution in [3.05, 3.63) is 53.9 Å². The Balaban J connectivity index is 1.68. The van der Waals surface area contributed by atoms with Crippen molar-refractivity contribution in [2.24, 2.45) is 0 Å². The molecule has 0 saturated carbocycles. The van der Waals surface area contributed by atoms with Crippen LogP contribution in [0.3, 0.4) is 0 Å². The third kappa shape index (κ3) is 7.25. The summed E-state index contributed by atoms with van der Waals surface area (Å²) in [7, 11) is 3.17. The number of aromatic nitrogens is 1. The third-order valence-electron chi connectivity index (χ3n) is 4.21. The minimum Gasteiger partial charge on any atom is -0.497 e. The number of carbonyl (C=O) groups excluding carboxylic acids is 3. The number of rotatable bonds is 11. The summed E-state index contributed by atoms with van der Waals surface area (Å²) in [5, 5.41) is 5.26. The number of hydrogen-bond acceptors (Lipinski definition) is 6. The largest absolute Gasteiger partial charge is 0.497 e. The fraction of sp³-hybridized carbons (Fsp3) is 0.333. The first-order valence-electron chi connectivity index (χ1n) is 9.21. The van der Waals surface area contributed by atoms with E-state index in [1.54, 1.807) is 38.6 Å². The van der Waals surface area contributed by atoms with Gasteiger partial charge in [-0.3, -0.25) is 19.4 Å². The lowest BCUT2D eigenvalue weighted by Crippen LogP contribution is -2.37. The molecule has 0 aliphatic rings. The van der Waals surface area contributed by atoms with E-state index in [1.807, 2.05) is 12.1 Å². The van der Waals surface area contributed by atoms with Crippen molar-refractivity contribution >= 4 is 17.6 Å². The van der Waals surface area contributed by atoms with Gasteiger partial charge in [0.1, 0.15) is 11.5 Å². The van der Waals surface area contributed by atoms with Crippen LogP contribution in [0.4, 0.5) is 0 Å². The Morgan fingerprint density at radius 1 is 1.00 bits per heavy atom. The highest BCUT2D eigenvalue weighted by Crippen LogP contribution is 2.24. The number of ketones is 1. The van der Waals surface area contributed by atoms with Crippen molar-refractivity contribution < 1.29 is 23.9 Å². The van der Waals surface area contributed by atoms with Crippen LogP contribution in [-0.4, -0.2) is 49.9 Å². The molecular weight excluding hydrogens is 374 g/mol. The molecule has 0 bridgehead atoms. The normalized spacial score (nSPS) is 10.1. The first-order chi connectivity index (χ1) is 14.0. The summed E-state index contributed by atoms with van der Waals surface area (Å²) >= 11 is 0. The fourth-order valence-electron chi connectivity index (χ4n) is 2.64. The van der Waals surface area contributed by atoms with Gasteiger partial charge in [-0.15, -0.1) is 0 Å². The molecule has 0 fully saturated rings. The maximum absolute atomic E-state index is 11.9. The third-order valence-corrected chi connectivity index (χ3v) is 4.21. The van der Waals surface area contributed by atoms with E-state index in [1.165, 1.54) is 6.20 Å². The van der Waals surface area contributed by atoms with Crippen LogP contribution in [0.5, 0.6) is 11.5 Å². The van der Waals surface area contributed by atoms with Crippen molar-refractivity contribution in [3.8, 4) is 11.5 Å². The van der Waals surface area contributed by atoms with Gasteiger partial charge in [0.15, 0.2) is 5.78 Å². The van der Waals surface area contributed by atoms with Crippen molar-refractivity contribution in [1.29, 1.82) is 0 Å². The summed E-state index contributed by atoms with van der Waals surface area (Å²) in [5.41, 5.74) is 1.37. The number of nitrogens with one attached hydrogen (secondary N) is 2. The Bertz CT molecular complexity index is 839. The summed E-state index contributed by atoms with van der Waals surface area (Å²) in [5.74, 6) is 0.599. The van der Waals surface area contributed by atoms with Crippen molar-refractivity contribution in [2.45, 2.75) is 19.3 Å². The van der Waals surface area contributed by atoms with Gasteiger partial charge >= 0.3 is 0 Å². The molecule has 0 spiro atoms. The Kier molecular flexibility index (Phi) is 8.62. The second kappa shape index (κ2) is 11.4. The van der Waals surface area contributed by atoms with E-state index in [-0.39, 0.29) is 37.0 Å². The van der Waals surface area contributed by atoms with Gasteiger partial charge in [0, 0.05) is 37.3 Å². The van der Waals surface area contributed by atoms with Crippen LogP contribution in [0, 0.1) is 0 Å². The zero-order chi connectivity index (χ0) is 21.1. The quantitative estimate of drug-likeness (QED) is 0.555. The van der Waals surface area contributed by atoms with Crippen molar-refractivity contribution in [2.75, 3.05) is 27.3 Å². The summed E-state index contributed by atoms with van der Waals surface area (Å²) in [6, 6.07) is 8.78. The van der Waals surface area contributed by atoms with E-state index in [9.17, 15) is 14.4 Å². The lowest BCUT2D eigenvalue weighted by molar-refractivity contribution is -0.126. The number of pyridine rings is 1. The van der Waals surface area contributed by atoms with Gasteiger partial charge in [-0.05, 0) is 42.3 Å². The molecule has 1 heterocycles. The van der Waals surface area contributed by atoms with Crippen LogP contribution in [-0.2, 0) is 16.0 Å². The minimum atomic E-state index is -0.355. The molecule has 0 unspecified atom stereocenters. The van der Waals surface area contributed by atoms with Crippen LogP contribution >= 0.6 is 0 Å². The van der Waals surface area contributed by atoms with Gasteiger partial charge in [0.25, 0.3) is 0 Å². The highest BCUT2D eigenvalue weighted by atomic mass is 16.5. The van der Waals surface area contributed by atoms with Crippen molar-refractivity contribution in [1.82, 2.24) is 15.6 Å². The average molecular weight is 399 g/mol. The first-order valence-corrected chi connectivity index (χ1v) is 9.21. The minimum absolute atomic E-state index is 0.0159. The van der Waals surface area contributed by atoms with Crippen LogP contribution in [0.15, 0.2) is 42.7 Å². The SMILES string of the molecule is COc1ccc(OC)c(CCNC(=O)CNC(=O)CCC(=O)c2cccnc2)c1.